The molecule has 1 aliphatic heterocycles. The van der Waals surface area contributed by atoms with Gasteiger partial charge in [0, 0.05) is 33.4 Å². The number of halogens is 1. The van der Waals surface area contributed by atoms with Gasteiger partial charge in [-0.3, -0.25) is 4.90 Å². The van der Waals surface area contributed by atoms with Crippen LogP contribution in [0.3, 0.4) is 0 Å². The molecule has 4 nitrogen and oxygen atoms in total. The number of aromatic nitrogens is 2. The minimum atomic E-state index is -0.162. The number of imidazole rings is 1. The maximum Gasteiger partial charge on any atom is 0.123 e. The Morgan fingerprint density at radius 3 is 2.96 bits per heavy atom. The molecule has 2 atom stereocenters. The summed E-state index contributed by atoms with van der Waals surface area (Å²) in [6.07, 6.45) is 5.86. The van der Waals surface area contributed by atoms with Gasteiger partial charge in [-0.15, -0.1) is 0 Å². The van der Waals surface area contributed by atoms with Gasteiger partial charge in [0.15, 0.2) is 0 Å². The summed E-state index contributed by atoms with van der Waals surface area (Å²) in [5.74, 6) is 0.273. The van der Waals surface area contributed by atoms with Crippen molar-refractivity contribution < 1.29 is 9.13 Å². The highest BCUT2D eigenvalue weighted by Gasteiger charge is 2.29. The summed E-state index contributed by atoms with van der Waals surface area (Å²) in [6, 6.07) is 6.91. The van der Waals surface area contributed by atoms with E-state index in [1.165, 1.54) is 11.8 Å². The predicted molar refractivity (Wildman–Crippen MR) is 87.5 cm³/mol. The average molecular weight is 317 g/mol. The lowest BCUT2D eigenvalue weighted by molar-refractivity contribution is -0.0141. The second-order valence-corrected chi connectivity index (χ2v) is 6.39. The summed E-state index contributed by atoms with van der Waals surface area (Å²) >= 11 is 0. The Balaban J connectivity index is 1.61. The van der Waals surface area contributed by atoms with E-state index >= 15 is 0 Å². The number of piperidine rings is 1. The standard InChI is InChI=1S/C18H24FN3O/c1-21-13-20-10-17(21)11-22-7-6-15(18(12-22)23-2)8-14-4-3-5-16(19)9-14/h3-5,9-10,13,15,18H,6-8,11-12H2,1-2H3/t15-,18-/m1/s1. The van der Waals surface area contributed by atoms with E-state index in [4.69, 9.17) is 4.74 Å². The number of likely N-dealkylation sites (tertiary alicyclic amines) is 1. The van der Waals surface area contributed by atoms with Gasteiger partial charge in [-0.1, -0.05) is 12.1 Å². The Morgan fingerprint density at radius 1 is 1.39 bits per heavy atom. The normalized spacial score (nSPS) is 22.4. The first-order valence-corrected chi connectivity index (χ1v) is 8.10. The monoisotopic (exact) mass is 317 g/mol. The van der Waals surface area contributed by atoms with Crippen LogP contribution in [0.15, 0.2) is 36.8 Å². The maximum atomic E-state index is 13.4. The van der Waals surface area contributed by atoms with Crippen molar-refractivity contribution in [3.63, 3.8) is 0 Å². The molecule has 2 aromatic rings. The number of hydrogen-bond acceptors (Lipinski definition) is 3. The molecule has 124 valence electrons. The second kappa shape index (κ2) is 7.23. The highest BCUT2D eigenvalue weighted by molar-refractivity contribution is 5.17. The van der Waals surface area contributed by atoms with E-state index in [2.05, 4.69) is 14.5 Å². The molecule has 23 heavy (non-hydrogen) atoms. The van der Waals surface area contributed by atoms with Gasteiger partial charge in [0.2, 0.25) is 0 Å². The topological polar surface area (TPSA) is 30.3 Å². The van der Waals surface area contributed by atoms with Crippen molar-refractivity contribution in [1.82, 2.24) is 14.5 Å². The zero-order valence-corrected chi connectivity index (χ0v) is 13.8. The first-order valence-electron chi connectivity index (χ1n) is 8.10. The van der Waals surface area contributed by atoms with Crippen molar-refractivity contribution in [2.75, 3.05) is 20.2 Å². The zero-order valence-electron chi connectivity index (χ0n) is 13.8. The first kappa shape index (κ1) is 16.1. The lowest BCUT2D eigenvalue weighted by Crippen LogP contribution is -2.45. The molecule has 1 aromatic heterocycles. The van der Waals surface area contributed by atoms with E-state index in [0.717, 1.165) is 38.0 Å². The largest absolute Gasteiger partial charge is 0.380 e. The molecule has 3 rings (SSSR count). The fraction of sp³-hybridized carbons (Fsp3) is 0.500. The van der Waals surface area contributed by atoms with Crippen LogP contribution in [0.2, 0.25) is 0 Å². The van der Waals surface area contributed by atoms with Gasteiger partial charge in [-0.05, 0) is 43.0 Å². The quantitative estimate of drug-likeness (QED) is 0.849. The van der Waals surface area contributed by atoms with Crippen LogP contribution in [0.4, 0.5) is 4.39 Å². The Labute approximate surface area is 136 Å². The lowest BCUT2D eigenvalue weighted by atomic mass is 9.87. The number of aryl methyl sites for hydroxylation is 1. The van der Waals surface area contributed by atoms with Crippen molar-refractivity contribution >= 4 is 0 Å². The van der Waals surface area contributed by atoms with E-state index in [-0.39, 0.29) is 11.9 Å². The molecule has 1 fully saturated rings. The van der Waals surface area contributed by atoms with E-state index in [9.17, 15) is 4.39 Å². The van der Waals surface area contributed by atoms with Crippen LogP contribution < -0.4 is 0 Å². The number of ether oxygens (including phenoxy) is 1. The molecule has 0 radical (unpaired) electrons. The van der Waals surface area contributed by atoms with E-state index in [1.807, 2.05) is 25.6 Å². The zero-order chi connectivity index (χ0) is 16.2. The second-order valence-electron chi connectivity index (χ2n) is 6.39. The van der Waals surface area contributed by atoms with E-state index in [0.29, 0.717) is 5.92 Å². The highest BCUT2D eigenvalue weighted by atomic mass is 19.1. The minimum Gasteiger partial charge on any atom is -0.380 e. The lowest BCUT2D eigenvalue weighted by Gasteiger charge is -2.38. The molecule has 0 unspecified atom stereocenters. The minimum absolute atomic E-state index is 0.162. The maximum absolute atomic E-state index is 13.4. The fourth-order valence-electron chi connectivity index (χ4n) is 3.41. The molecular weight excluding hydrogens is 293 g/mol. The first-order chi connectivity index (χ1) is 11.2. The van der Waals surface area contributed by atoms with Gasteiger partial charge in [0.25, 0.3) is 0 Å². The van der Waals surface area contributed by atoms with Crippen molar-refractivity contribution in [1.29, 1.82) is 0 Å². The highest BCUT2D eigenvalue weighted by Crippen LogP contribution is 2.25. The van der Waals surface area contributed by atoms with Crippen molar-refractivity contribution in [2.45, 2.75) is 25.5 Å². The number of hydrogen-bond donors (Lipinski definition) is 0. The summed E-state index contributed by atoms with van der Waals surface area (Å²) in [6.45, 7) is 2.83. The van der Waals surface area contributed by atoms with Crippen LogP contribution in [0.25, 0.3) is 0 Å². The molecule has 0 bridgehead atoms. The molecular formula is C18H24FN3O. The van der Waals surface area contributed by atoms with Crippen molar-refractivity contribution in [2.24, 2.45) is 13.0 Å². The summed E-state index contributed by atoms with van der Waals surface area (Å²) in [7, 11) is 3.80. The van der Waals surface area contributed by atoms with E-state index in [1.54, 1.807) is 19.2 Å². The average Bonchev–Trinajstić information content (AvgIpc) is 2.94. The van der Waals surface area contributed by atoms with Crippen LogP contribution in [-0.2, 0) is 24.8 Å². The van der Waals surface area contributed by atoms with Crippen LogP contribution in [-0.4, -0.2) is 40.8 Å². The van der Waals surface area contributed by atoms with Crippen LogP contribution in [0.1, 0.15) is 17.7 Å². The number of rotatable bonds is 5. The molecule has 1 aromatic carbocycles. The SMILES string of the molecule is CO[C@@H]1CN(Cc2cncn2C)CC[C@@H]1Cc1cccc(F)c1. The van der Waals surface area contributed by atoms with Gasteiger partial charge < -0.3 is 9.30 Å². The van der Waals surface area contributed by atoms with Crippen LogP contribution in [0.5, 0.6) is 0 Å². The van der Waals surface area contributed by atoms with Gasteiger partial charge in [-0.2, -0.15) is 0 Å². The Hall–Kier alpha value is -1.72. The molecule has 1 aliphatic rings. The molecule has 2 heterocycles. The van der Waals surface area contributed by atoms with Crippen LogP contribution >= 0.6 is 0 Å². The summed E-state index contributed by atoms with van der Waals surface area (Å²) in [4.78, 5) is 6.58. The summed E-state index contributed by atoms with van der Waals surface area (Å²) in [5, 5.41) is 0. The van der Waals surface area contributed by atoms with Gasteiger partial charge in [-0.25, -0.2) is 9.37 Å². The Kier molecular flexibility index (Phi) is 5.08. The molecule has 0 amide bonds. The number of methoxy groups -OCH3 is 1. The number of nitrogens with zero attached hydrogens (tertiary/aromatic N) is 3. The molecule has 5 heteroatoms. The van der Waals surface area contributed by atoms with Crippen LogP contribution in [0, 0.1) is 11.7 Å². The Bertz CT molecular complexity index is 643. The molecule has 0 aliphatic carbocycles. The number of benzene rings is 1. The van der Waals surface area contributed by atoms with E-state index < -0.39 is 0 Å². The molecule has 1 saturated heterocycles. The molecule has 0 spiro atoms. The summed E-state index contributed by atoms with van der Waals surface area (Å²) < 4.78 is 21.1. The smallest absolute Gasteiger partial charge is 0.123 e. The van der Waals surface area contributed by atoms with Gasteiger partial charge >= 0.3 is 0 Å². The third-order valence-corrected chi connectivity index (χ3v) is 4.77. The van der Waals surface area contributed by atoms with Gasteiger partial charge in [0.1, 0.15) is 5.82 Å². The molecule has 0 N–H and O–H groups in total. The summed E-state index contributed by atoms with van der Waals surface area (Å²) in [5.41, 5.74) is 2.26. The predicted octanol–water partition coefficient (Wildman–Crippen LogP) is 2.64. The Morgan fingerprint density at radius 2 is 2.26 bits per heavy atom. The third kappa shape index (κ3) is 3.98. The fourth-order valence-corrected chi connectivity index (χ4v) is 3.41. The molecule has 0 saturated carbocycles. The van der Waals surface area contributed by atoms with Crippen molar-refractivity contribution in [3.05, 3.63) is 53.9 Å². The van der Waals surface area contributed by atoms with Gasteiger partial charge in [0.05, 0.1) is 18.1 Å². The van der Waals surface area contributed by atoms with Crippen molar-refractivity contribution in [3.8, 4) is 0 Å². The third-order valence-electron chi connectivity index (χ3n) is 4.77.